The fourth-order valence-electron chi connectivity index (χ4n) is 7.96. The highest BCUT2D eigenvalue weighted by atomic mass is 16.4. The molecule has 16 nitrogen and oxygen atoms in total. The van der Waals surface area contributed by atoms with Gasteiger partial charge >= 0.3 is 12.2 Å². The van der Waals surface area contributed by atoms with Crippen LogP contribution in [0, 0.1) is 13.8 Å². The molecule has 4 amide bonds. The number of aromatic amines is 2. The summed E-state index contributed by atoms with van der Waals surface area (Å²) in [6.07, 6.45) is 2.31. The van der Waals surface area contributed by atoms with E-state index in [2.05, 4.69) is 68.7 Å². The van der Waals surface area contributed by atoms with E-state index in [4.69, 9.17) is 0 Å². The molecule has 6 N–H and O–H groups in total. The number of nitrogens with zero attached hydrogens (tertiary/aromatic N) is 6. The van der Waals surface area contributed by atoms with Crippen molar-refractivity contribution in [2.24, 2.45) is 0 Å². The first-order chi connectivity index (χ1) is 29.1. The van der Waals surface area contributed by atoms with E-state index in [9.17, 15) is 29.4 Å². The summed E-state index contributed by atoms with van der Waals surface area (Å²) in [4.78, 5) is 66.8. The first-order valence-electron chi connectivity index (χ1n) is 19.6. The summed E-state index contributed by atoms with van der Waals surface area (Å²) in [5, 5.41) is 30.4. The monoisotopic (exact) mass is 808 g/mol. The lowest BCUT2D eigenvalue weighted by Crippen LogP contribution is -2.48. The second kappa shape index (κ2) is 16.7. The Bertz CT molecular complexity index is 2520. The number of nitrogens with one attached hydrogen (secondary N) is 4. The highest BCUT2D eigenvalue weighted by Crippen LogP contribution is 2.35. The van der Waals surface area contributed by atoms with Crippen molar-refractivity contribution in [3.8, 4) is 33.6 Å². The maximum atomic E-state index is 13.8. The number of aromatic nitrogens is 4. The first kappa shape index (κ1) is 39.2. The summed E-state index contributed by atoms with van der Waals surface area (Å²) in [5.41, 5.74) is 8.78. The van der Waals surface area contributed by atoms with Gasteiger partial charge in [0.05, 0.1) is 23.8 Å². The second-order valence-corrected chi connectivity index (χ2v) is 14.7. The third-order valence-electron chi connectivity index (χ3n) is 11.1. The Morgan fingerprint density at radius 2 is 1.00 bits per heavy atom. The Morgan fingerprint density at radius 3 is 1.50 bits per heavy atom. The molecular formula is C44H44N10O6. The Labute approximate surface area is 345 Å². The smallest absolute Gasteiger partial charge is 0.405 e. The molecule has 2 saturated heterocycles. The van der Waals surface area contributed by atoms with E-state index in [-0.39, 0.29) is 11.8 Å². The molecule has 306 valence electrons. The van der Waals surface area contributed by atoms with Gasteiger partial charge in [-0.1, -0.05) is 97.1 Å². The lowest BCUT2D eigenvalue weighted by Gasteiger charge is -2.30. The lowest BCUT2D eigenvalue weighted by atomic mass is 9.92. The molecule has 6 aromatic rings. The fraction of sp³-hybridized carbons (Fsp3) is 0.227. The normalized spacial score (nSPS) is 14.9. The highest BCUT2D eigenvalue weighted by Gasteiger charge is 2.36. The van der Waals surface area contributed by atoms with Gasteiger partial charge in [-0.05, 0) is 65.6 Å². The summed E-state index contributed by atoms with van der Waals surface area (Å²) >= 11 is 0. The van der Waals surface area contributed by atoms with Crippen LogP contribution in [0.5, 0.6) is 0 Å². The van der Waals surface area contributed by atoms with Crippen LogP contribution in [0.15, 0.2) is 109 Å². The predicted octanol–water partition coefficient (Wildman–Crippen LogP) is 6.68. The quantitative estimate of drug-likeness (QED) is 0.0820. The number of anilines is 2. The van der Waals surface area contributed by atoms with Crippen LogP contribution < -0.4 is 20.7 Å². The molecule has 8 rings (SSSR count). The fourth-order valence-corrected chi connectivity index (χ4v) is 7.96. The summed E-state index contributed by atoms with van der Waals surface area (Å²) in [5.74, 6) is 0.209. The largest absolute Gasteiger partial charge is 0.465 e. The van der Waals surface area contributed by atoms with Crippen molar-refractivity contribution >= 4 is 35.9 Å². The Kier molecular flexibility index (Phi) is 10.9. The number of amides is 4. The Balaban J connectivity index is 0.967. The number of imidazole rings is 2. The standard InChI is InChI=1S/C44H44N10O6/c1-27-28(2)34(36-26-46-42(48-36)54-24-10-22-52(54)40(56)38(50-44(59)60)32-13-7-4-8-14-32)20-19-33(27)29-15-17-30(18-16-29)35-25-45-41(47-35)53-23-9-21-51(53)39(55)37(49-43(57)58)31-11-5-3-6-12-31/h3-8,11-20,25-26,37-38,49-50H,9-10,21-24H2,1-2H3,(H,45,47)(H,46,48)(H,57,58)(H,59,60)/t37-,38-/m1/s1. The molecule has 0 spiro atoms. The minimum atomic E-state index is -1.28. The Morgan fingerprint density at radius 1 is 0.567 bits per heavy atom. The van der Waals surface area contributed by atoms with Gasteiger partial charge in [-0.15, -0.1) is 0 Å². The van der Waals surface area contributed by atoms with Crippen molar-refractivity contribution in [1.29, 1.82) is 0 Å². The molecule has 2 aliphatic heterocycles. The van der Waals surface area contributed by atoms with Crippen molar-refractivity contribution < 1.29 is 29.4 Å². The maximum absolute atomic E-state index is 13.8. The molecule has 4 heterocycles. The van der Waals surface area contributed by atoms with Crippen molar-refractivity contribution in [1.82, 2.24) is 40.6 Å². The number of benzene rings is 4. The van der Waals surface area contributed by atoms with Crippen LogP contribution in [0.2, 0.25) is 0 Å². The molecule has 0 radical (unpaired) electrons. The van der Waals surface area contributed by atoms with E-state index in [0.29, 0.717) is 62.0 Å². The molecule has 0 aliphatic carbocycles. The third-order valence-corrected chi connectivity index (χ3v) is 11.1. The van der Waals surface area contributed by atoms with Gasteiger partial charge in [0.2, 0.25) is 11.9 Å². The van der Waals surface area contributed by atoms with Crippen LogP contribution in [0.1, 0.15) is 47.2 Å². The SMILES string of the molecule is Cc1c(-c2ccc(-c3cnc(N4CCCN4C(=O)[C@H](NC(=O)O)c4ccccc4)[nH]3)cc2)ccc(-c2cnc(N3CCCN3C(=O)[C@H](NC(=O)O)c3ccccc3)[nH]2)c1C. The van der Waals surface area contributed by atoms with Crippen LogP contribution in [-0.4, -0.2) is 90.3 Å². The van der Waals surface area contributed by atoms with Crippen molar-refractivity contribution in [3.63, 3.8) is 0 Å². The molecule has 2 aromatic heterocycles. The lowest BCUT2D eigenvalue weighted by molar-refractivity contribution is -0.133. The zero-order valence-electron chi connectivity index (χ0n) is 33.0. The van der Waals surface area contributed by atoms with Gasteiger partial charge in [0.1, 0.15) is 12.1 Å². The van der Waals surface area contributed by atoms with Crippen LogP contribution in [0.3, 0.4) is 0 Å². The molecule has 2 atom stereocenters. The molecule has 2 aliphatic rings. The molecular weight excluding hydrogens is 765 g/mol. The number of rotatable bonds is 11. The third kappa shape index (κ3) is 7.81. The van der Waals surface area contributed by atoms with Gasteiger partial charge in [0, 0.05) is 31.7 Å². The Hall–Kier alpha value is -7.62. The van der Waals surface area contributed by atoms with Crippen molar-refractivity contribution in [2.75, 3.05) is 36.2 Å². The van der Waals surface area contributed by atoms with Gasteiger partial charge in [-0.25, -0.2) is 29.6 Å². The molecule has 0 unspecified atom stereocenters. The summed E-state index contributed by atoms with van der Waals surface area (Å²) in [7, 11) is 0. The molecule has 2 fully saturated rings. The topological polar surface area (TPSA) is 203 Å². The highest BCUT2D eigenvalue weighted by molar-refractivity contribution is 5.89. The zero-order chi connectivity index (χ0) is 41.9. The maximum Gasteiger partial charge on any atom is 0.405 e. The first-order valence-corrected chi connectivity index (χ1v) is 19.6. The van der Waals surface area contributed by atoms with Gasteiger partial charge < -0.3 is 30.8 Å². The van der Waals surface area contributed by atoms with Crippen molar-refractivity contribution in [3.05, 3.63) is 132 Å². The molecule has 4 aromatic carbocycles. The van der Waals surface area contributed by atoms with Gasteiger partial charge in [0.25, 0.3) is 11.8 Å². The molecule has 0 bridgehead atoms. The van der Waals surface area contributed by atoms with E-state index in [1.54, 1.807) is 81.0 Å². The zero-order valence-corrected chi connectivity index (χ0v) is 33.0. The summed E-state index contributed by atoms with van der Waals surface area (Å²) in [6.45, 7) is 6.08. The number of hydrazine groups is 2. The average Bonchev–Trinajstić information content (AvgIpc) is 4.10. The van der Waals surface area contributed by atoms with Crippen LogP contribution in [-0.2, 0) is 9.59 Å². The van der Waals surface area contributed by atoms with E-state index < -0.39 is 24.3 Å². The second-order valence-electron chi connectivity index (χ2n) is 14.7. The number of H-pyrrole nitrogens is 2. The number of hydrogen-bond acceptors (Lipinski definition) is 8. The number of carbonyl (C=O) groups excluding carboxylic acids is 2. The van der Waals surface area contributed by atoms with E-state index in [0.717, 1.165) is 44.8 Å². The number of hydrogen-bond donors (Lipinski definition) is 6. The van der Waals surface area contributed by atoms with E-state index in [1.807, 2.05) is 24.3 Å². The molecule has 0 saturated carbocycles. The van der Waals surface area contributed by atoms with Gasteiger partial charge in [-0.3, -0.25) is 19.6 Å². The van der Waals surface area contributed by atoms with Gasteiger partial charge in [-0.2, -0.15) is 0 Å². The van der Waals surface area contributed by atoms with Crippen LogP contribution >= 0.6 is 0 Å². The minimum absolute atomic E-state index is 0.385. The number of carboxylic acid groups (broad SMARTS) is 2. The van der Waals surface area contributed by atoms with Crippen LogP contribution in [0.4, 0.5) is 21.5 Å². The minimum Gasteiger partial charge on any atom is -0.465 e. The van der Waals surface area contributed by atoms with Crippen LogP contribution in [0.25, 0.3) is 33.6 Å². The van der Waals surface area contributed by atoms with E-state index >= 15 is 0 Å². The average molecular weight is 809 g/mol. The summed E-state index contributed by atoms with van der Waals surface area (Å²) < 4.78 is 0. The molecule has 16 heteroatoms. The number of carbonyl (C=O) groups is 4. The molecule has 60 heavy (non-hydrogen) atoms. The van der Waals surface area contributed by atoms with Crippen molar-refractivity contribution in [2.45, 2.75) is 38.8 Å². The van der Waals surface area contributed by atoms with E-state index in [1.165, 1.54) is 0 Å². The predicted molar refractivity (Wildman–Crippen MR) is 225 cm³/mol. The summed E-state index contributed by atoms with van der Waals surface area (Å²) in [6, 6.07) is 27.8. The van der Waals surface area contributed by atoms with Gasteiger partial charge in [0.15, 0.2) is 0 Å².